The summed E-state index contributed by atoms with van der Waals surface area (Å²) in [5.41, 5.74) is 22.4. The van der Waals surface area contributed by atoms with Gasteiger partial charge in [-0.2, -0.15) is 0 Å². The van der Waals surface area contributed by atoms with Crippen LogP contribution in [0.2, 0.25) is 0 Å². The number of furan rings is 2. The van der Waals surface area contributed by atoms with Crippen molar-refractivity contribution in [3.05, 3.63) is 181 Å². The molecule has 2 aromatic heterocycles. The molecular weight excluding hydrogens is 905 g/mol. The zero-order valence-electron chi connectivity index (χ0n) is 46.6. The van der Waals surface area contributed by atoms with E-state index in [4.69, 9.17) is 32.5 Å². The molecule has 0 bridgehead atoms. The molecule has 0 spiro atoms. The molecule has 384 valence electrons. The predicted molar refractivity (Wildman–Crippen MR) is 303 cm³/mol. The van der Waals surface area contributed by atoms with Crippen LogP contribution in [-0.4, -0.2) is 35.5 Å². The molecule has 0 saturated carbocycles. The molecule has 3 atom stereocenters. The lowest BCUT2D eigenvalue weighted by Crippen LogP contribution is -2.27. The van der Waals surface area contributed by atoms with E-state index < -0.39 is 0 Å². The molecule has 0 fully saturated rings. The molecule has 7 nitrogen and oxygen atoms in total. The summed E-state index contributed by atoms with van der Waals surface area (Å²) < 4.78 is 39.5. The predicted octanol–water partition coefficient (Wildman–Crippen LogP) is 17.6. The average molecular weight is 983 g/mol. The number of benzene rings is 6. The van der Waals surface area contributed by atoms with Gasteiger partial charge in [-0.3, -0.25) is 0 Å². The van der Waals surface area contributed by atoms with Crippen LogP contribution in [0, 0.1) is 88.0 Å². The SMILES string of the molecule is COc1ccc(-c2oc(-c3ccc(C)c(C)c3)c(C)c2C)cc1OC.COc1ccc(-c2oc(-c3ccc(C)c(C)c3)c(C)c2C)cc1OC.COc1ccc([C@@H]2c3cc(C)c(C)cc3C[C@@H](C)[C@H]2C)cc1C.[HH]. The topological polar surface area (TPSA) is 72.4 Å². The van der Waals surface area contributed by atoms with Gasteiger partial charge in [0.25, 0.3) is 0 Å². The first-order valence-corrected chi connectivity index (χ1v) is 25.4. The van der Waals surface area contributed by atoms with Crippen LogP contribution in [-0.2, 0) is 6.42 Å². The van der Waals surface area contributed by atoms with E-state index in [1.54, 1.807) is 35.5 Å². The Bertz CT molecular complexity index is 3110. The van der Waals surface area contributed by atoms with Gasteiger partial charge < -0.3 is 32.5 Å². The number of hydrogen-bond acceptors (Lipinski definition) is 7. The molecule has 0 aliphatic heterocycles. The van der Waals surface area contributed by atoms with Gasteiger partial charge in [-0.05, 0) is 227 Å². The largest absolute Gasteiger partial charge is 0.496 e. The molecule has 0 unspecified atom stereocenters. The molecule has 6 aromatic carbocycles. The molecule has 0 saturated heterocycles. The highest BCUT2D eigenvalue weighted by Gasteiger charge is 2.33. The van der Waals surface area contributed by atoms with Crippen LogP contribution in [0.25, 0.3) is 45.3 Å². The van der Waals surface area contributed by atoms with Crippen molar-refractivity contribution in [3.8, 4) is 74.0 Å². The van der Waals surface area contributed by atoms with E-state index in [0.717, 1.165) is 73.3 Å². The van der Waals surface area contributed by atoms with Crippen LogP contribution in [0.1, 0.15) is 99.1 Å². The standard InChI is InChI=1S/2C22H24O3.C22H28O.H2/c2*1-13-7-8-17(11-14(13)2)21-15(3)16(4)22(25-21)18-9-10-19(23-5)20(12-18)24-6;1-13-9-19-10-15(3)17(5)22(20(19)12-14(13)2)18-7-8-21(23-6)16(4)11-18;/h2*7-12H,1-6H3;7-9,11-12,15,17,22H,10H2,1-6H3;1H/t;;15-,17-,22-;/m..1./s1. The van der Waals surface area contributed by atoms with Gasteiger partial charge in [0.15, 0.2) is 23.0 Å². The van der Waals surface area contributed by atoms with E-state index in [2.05, 4.69) is 157 Å². The Balaban J connectivity index is 0.000000180. The van der Waals surface area contributed by atoms with Crippen LogP contribution in [0.5, 0.6) is 28.7 Å². The Kier molecular flexibility index (Phi) is 16.7. The molecule has 2 heterocycles. The maximum absolute atomic E-state index is 6.29. The summed E-state index contributed by atoms with van der Waals surface area (Å²) in [5.74, 6) is 9.21. The highest BCUT2D eigenvalue weighted by Crippen LogP contribution is 2.46. The van der Waals surface area contributed by atoms with E-state index in [1.165, 1.54) is 62.1 Å². The Morgan fingerprint density at radius 3 is 1.14 bits per heavy atom. The summed E-state index contributed by atoms with van der Waals surface area (Å²) in [6, 6.07) is 36.1. The lowest BCUT2D eigenvalue weighted by atomic mass is 9.67. The molecule has 1 aliphatic rings. The Labute approximate surface area is 437 Å². The van der Waals surface area contributed by atoms with Crippen LogP contribution in [0.15, 0.2) is 112 Å². The van der Waals surface area contributed by atoms with E-state index in [1.807, 2.05) is 36.4 Å². The number of hydrogen-bond donors (Lipinski definition) is 0. The van der Waals surface area contributed by atoms with Crippen molar-refractivity contribution in [2.75, 3.05) is 35.5 Å². The van der Waals surface area contributed by atoms with Crippen molar-refractivity contribution in [1.82, 2.24) is 0 Å². The van der Waals surface area contributed by atoms with Crippen LogP contribution in [0.3, 0.4) is 0 Å². The number of aryl methyl sites for hydroxylation is 7. The molecule has 7 heteroatoms. The normalized spacial score (nSPS) is 14.8. The van der Waals surface area contributed by atoms with Crippen molar-refractivity contribution < 1.29 is 33.9 Å². The van der Waals surface area contributed by atoms with Crippen LogP contribution in [0.4, 0.5) is 0 Å². The van der Waals surface area contributed by atoms with E-state index >= 15 is 0 Å². The lowest BCUT2D eigenvalue weighted by Gasteiger charge is -2.37. The van der Waals surface area contributed by atoms with E-state index in [9.17, 15) is 0 Å². The zero-order valence-corrected chi connectivity index (χ0v) is 46.6. The van der Waals surface area contributed by atoms with Gasteiger partial charge in [0.2, 0.25) is 0 Å². The highest BCUT2D eigenvalue weighted by atomic mass is 16.5. The highest BCUT2D eigenvalue weighted by molar-refractivity contribution is 5.75. The second-order valence-corrected chi connectivity index (χ2v) is 20.1. The number of methoxy groups -OCH3 is 5. The van der Waals surface area contributed by atoms with Crippen molar-refractivity contribution in [2.45, 2.75) is 102 Å². The lowest BCUT2D eigenvalue weighted by molar-refractivity contribution is 0.325. The van der Waals surface area contributed by atoms with Gasteiger partial charge in [-0.25, -0.2) is 0 Å². The average Bonchev–Trinajstić information content (AvgIpc) is 3.86. The van der Waals surface area contributed by atoms with Gasteiger partial charge in [0, 0.05) is 29.6 Å². The maximum atomic E-state index is 6.29. The fourth-order valence-electron chi connectivity index (χ4n) is 10.1. The van der Waals surface area contributed by atoms with E-state index in [-0.39, 0.29) is 1.43 Å². The third kappa shape index (κ3) is 11.1. The zero-order chi connectivity index (χ0) is 53.0. The Morgan fingerprint density at radius 2 is 0.740 bits per heavy atom. The number of ether oxygens (including phenoxy) is 5. The Morgan fingerprint density at radius 1 is 0.370 bits per heavy atom. The Hall–Kier alpha value is -7.12. The molecule has 1 aliphatic carbocycles. The number of fused-ring (bicyclic) bond motifs is 1. The van der Waals surface area contributed by atoms with Gasteiger partial charge in [-0.15, -0.1) is 0 Å². The minimum atomic E-state index is 0. The van der Waals surface area contributed by atoms with Gasteiger partial charge in [0.1, 0.15) is 28.8 Å². The molecule has 0 N–H and O–H groups in total. The minimum absolute atomic E-state index is 0. The van der Waals surface area contributed by atoms with Crippen LogP contribution < -0.4 is 23.7 Å². The second kappa shape index (κ2) is 22.7. The molecule has 8 aromatic rings. The van der Waals surface area contributed by atoms with Crippen molar-refractivity contribution in [3.63, 3.8) is 0 Å². The van der Waals surface area contributed by atoms with Crippen molar-refractivity contribution >= 4 is 0 Å². The molecule has 73 heavy (non-hydrogen) atoms. The molecule has 0 radical (unpaired) electrons. The first-order valence-electron chi connectivity index (χ1n) is 25.4. The summed E-state index contributed by atoms with van der Waals surface area (Å²) in [5, 5.41) is 0. The van der Waals surface area contributed by atoms with Gasteiger partial charge in [0.05, 0.1) is 35.5 Å². The summed E-state index contributed by atoms with van der Waals surface area (Å²) in [6.07, 6.45) is 1.20. The monoisotopic (exact) mass is 983 g/mol. The quantitative estimate of drug-likeness (QED) is 0.135. The molecule has 0 amide bonds. The summed E-state index contributed by atoms with van der Waals surface area (Å²) in [4.78, 5) is 0. The summed E-state index contributed by atoms with van der Waals surface area (Å²) in [6.45, 7) is 28.3. The first-order chi connectivity index (χ1) is 34.8. The fraction of sp³-hybridized carbons (Fsp3) is 0.333. The van der Waals surface area contributed by atoms with Crippen molar-refractivity contribution in [1.29, 1.82) is 0 Å². The summed E-state index contributed by atoms with van der Waals surface area (Å²) in [7, 11) is 8.30. The van der Waals surface area contributed by atoms with Crippen molar-refractivity contribution in [2.24, 2.45) is 11.8 Å². The van der Waals surface area contributed by atoms with Crippen LogP contribution >= 0.6 is 0 Å². The van der Waals surface area contributed by atoms with E-state index in [0.29, 0.717) is 40.8 Å². The molecular formula is C66H78O7. The third-order valence-electron chi connectivity index (χ3n) is 15.6. The van der Waals surface area contributed by atoms with Gasteiger partial charge in [-0.1, -0.05) is 62.4 Å². The maximum Gasteiger partial charge on any atom is 0.161 e. The fourth-order valence-corrected chi connectivity index (χ4v) is 10.1. The first kappa shape index (κ1) is 53.7. The van der Waals surface area contributed by atoms with Gasteiger partial charge >= 0.3 is 0 Å². The molecule has 9 rings (SSSR count). The minimum Gasteiger partial charge on any atom is -0.496 e. The second-order valence-electron chi connectivity index (χ2n) is 20.1. The third-order valence-corrected chi connectivity index (χ3v) is 15.6. The summed E-state index contributed by atoms with van der Waals surface area (Å²) >= 11 is 0. The number of rotatable bonds is 10. The smallest absolute Gasteiger partial charge is 0.161 e.